The van der Waals surface area contributed by atoms with E-state index in [0.717, 1.165) is 31.4 Å². The molecule has 0 spiro atoms. The summed E-state index contributed by atoms with van der Waals surface area (Å²) in [6, 6.07) is 3.21. The molecule has 0 bridgehead atoms. The van der Waals surface area contributed by atoms with E-state index in [0.29, 0.717) is 17.0 Å². The fourth-order valence-corrected chi connectivity index (χ4v) is 3.15. The summed E-state index contributed by atoms with van der Waals surface area (Å²) in [5, 5.41) is 0. The van der Waals surface area contributed by atoms with Crippen molar-refractivity contribution in [2.75, 3.05) is 5.73 Å². The van der Waals surface area contributed by atoms with Gasteiger partial charge in [-0.3, -0.25) is 4.79 Å². The Morgan fingerprint density at radius 1 is 1.23 bits per heavy atom. The molecule has 0 saturated heterocycles. The van der Waals surface area contributed by atoms with Gasteiger partial charge in [-0.2, -0.15) is 0 Å². The highest BCUT2D eigenvalue weighted by atomic mass is 16.6. The van der Waals surface area contributed by atoms with Gasteiger partial charge < -0.3 is 15.0 Å². The number of nitrogen functional groups attached to an aromatic ring is 1. The van der Waals surface area contributed by atoms with E-state index in [2.05, 4.69) is 21.9 Å². The molecule has 0 aliphatic rings. The van der Waals surface area contributed by atoms with Crippen molar-refractivity contribution in [1.82, 2.24) is 24.1 Å². The maximum Gasteiger partial charge on any atom is 0.421 e. The van der Waals surface area contributed by atoms with Crippen LogP contribution in [-0.4, -0.2) is 35.8 Å². The summed E-state index contributed by atoms with van der Waals surface area (Å²) < 4.78 is 8.30. The molecule has 3 aromatic rings. The van der Waals surface area contributed by atoms with Crippen LogP contribution in [0.3, 0.4) is 0 Å². The summed E-state index contributed by atoms with van der Waals surface area (Å²) in [5.74, 6) is 0.337. The van der Waals surface area contributed by atoms with E-state index >= 15 is 0 Å². The van der Waals surface area contributed by atoms with Gasteiger partial charge in [-0.05, 0) is 45.7 Å². The number of pyridine rings is 1. The molecule has 0 aliphatic carbocycles. The Morgan fingerprint density at radius 2 is 2.00 bits per heavy atom. The lowest BCUT2D eigenvalue weighted by atomic mass is 10.1. The second-order valence-electron chi connectivity index (χ2n) is 8.19. The Kier molecular flexibility index (Phi) is 6.19. The molecule has 9 heteroatoms. The monoisotopic (exact) mass is 412 g/mol. The van der Waals surface area contributed by atoms with Crippen LogP contribution in [0.2, 0.25) is 0 Å². The number of nitrogens with zero attached hydrogens (tertiary/aromatic N) is 5. The molecule has 3 rings (SSSR count). The van der Waals surface area contributed by atoms with E-state index in [9.17, 15) is 9.59 Å². The lowest BCUT2D eigenvalue weighted by Gasteiger charge is -2.20. The van der Waals surface area contributed by atoms with Gasteiger partial charge in [0.25, 0.3) is 5.56 Å². The Morgan fingerprint density at radius 3 is 2.70 bits per heavy atom. The average molecular weight is 412 g/mol. The van der Waals surface area contributed by atoms with Gasteiger partial charge >= 0.3 is 6.09 Å². The lowest BCUT2D eigenvalue weighted by molar-refractivity contribution is 0.0537. The fraction of sp³-hybridized carbons (Fsp3) is 0.476. The van der Waals surface area contributed by atoms with Crippen molar-refractivity contribution < 1.29 is 9.53 Å². The molecule has 30 heavy (non-hydrogen) atoms. The van der Waals surface area contributed by atoms with Crippen LogP contribution in [0.1, 0.15) is 58.5 Å². The molecule has 0 radical (unpaired) electrons. The number of fused-ring (bicyclic) bond motifs is 1. The van der Waals surface area contributed by atoms with Gasteiger partial charge in [0.1, 0.15) is 23.3 Å². The van der Waals surface area contributed by atoms with Crippen molar-refractivity contribution in [2.45, 2.75) is 65.5 Å². The molecule has 0 aliphatic heterocycles. The predicted molar refractivity (Wildman–Crippen MR) is 114 cm³/mol. The topological polar surface area (TPSA) is 118 Å². The Bertz CT molecular complexity index is 1110. The van der Waals surface area contributed by atoms with Crippen LogP contribution in [0.25, 0.3) is 11.2 Å². The molecule has 0 saturated carbocycles. The normalized spacial score (nSPS) is 11.7. The van der Waals surface area contributed by atoms with Crippen LogP contribution < -0.4 is 11.3 Å². The number of ether oxygens (including phenoxy) is 1. The van der Waals surface area contributed by atoms with E-state index < -0.39 is 11.7 Å². The lowest BCUT2D eigenvalue weighted by Crippen LogP contribution is -2.30. The van der Waals surface area contributed by atoms with Crippen molar-refractivity contribution in [3.63, 3.8) is 0 Å². The van der Waals surface area contributed by atoms with Gasteiger partial charge in [0.15, 0.2) is 5.65 Å². The Hall–Kier alpha value is -3.23. The second-order valence-corrected chi connectivity index (χ2v) is 8.19. The standard InChI is InChI=1S/C21H28N6O3/c1-5-6-7-10-15-17-18(24-13-23-15)27(20(29)30-21(2,3)4)16(25-17)12-26-11-8-9-14(22)19(26)28/h8-9,11,13H,5-7,10,12,22H2,1-4H3. The number of aryl methyl sites for hydroxylation is 1. The van der Waals surface area contributed by atoms with Crippen LogP contribution in [0.4, 0.5) is 10.5 Å². The highest BCUT2D eigenvalue weighted by Crippen LogP contribution is 2.21. The molecule has 0 amide bonds. The number of anilines is 1. The van der Waals surface area contributed by atoms with Crippen molar-refractivity contribution in [1.29, 1.82) is 0 Å². The smallest absolute Gasteiger partial charge is 0.421 e. The van der Waals surface area contributed by atoms with Gasteiger partial charge in [-0.25, -0.2) is 24.3 Å². The van der Waals surface area contributed by atoms with Gasteiger partial charge in [0.05, 0.1) is 17.9 Å². The minimum absolute atomic E-state index is 0.0495. The first-order valence-electron chi connectivity index (χ1n) is 10.1. The van der Waals surface area contributed by atoms with Crippen LogP contribution in [0.5, 0.6) is 0 Å². The molecule has 0 unspecified atom stereocenters. The number of carbonyl (C=O) groups excluding carboxylic acids is 1. The molecule has 0 aromatic carbocycles. The SMILES string of the molecule is CCCCCc1ncnc2c1nc(Cn1cccc(N)c1=O)n2C(=O)OC(C)(C)C. The molecule has 0 fully saturated rings. The fourth-order valence-electron chi connectivity index (χ4n) is 3.15. The van der Waals surface area contributed by atoms with E-state index in [-0.39, 0.29) is 17.8 Å². The van der Waals surface area contributed by atoms with Crippen LogP contribution >= 0.6 is 0 Å². The summed E-state index contributed by atoms with van der Waals surface area (Å²) in [7, 11) is 0. The zero-order valence-corrected chi connectivity index (χ0v) is 17.9. The zero-order chi connectivity index (χ0) is 21.9. The van der Waals surface area contributed by atoms with Crippen LogP contribution in [-0.2, 0) is 17.7 Å². The number of imidazole rings is 1. The van der Waals surface area contributed by atoms with E-state index in [1.807, 2.05) is 0 Å². The molecule has 160 valence electrons. The van der Waals surface area contributed by atoms with Crippen LogP contribution in [0, 0.1) is 0 Å². The summed E-state index contributed by atoms with van der Waals surface area (Å²) in [6.45, 7) is 7.55. The van der Waals surface area contributed by atoms with Gasteiger partial charge in [0, 0.05) is 6.20 Å². The third-order valence-corrected chi connectivity index (χ3v) is 4.54. The average Bonchev–Trinajstić information content (AvgIpc) is 3.03. The van der Waals surface area contributed by atoms with E-state index in [1.165, 1.54) is 21.5 Å². The van der Waals surface area contributed by atoms with Crippen LogP contribution in [0.15, 0.2) is 29.5 Å². The first-order valence-corrected chi connectivity index (χ1v) is 10.1. The summed E-state index contributed by atoms with van der Waals surface area (Å²) in [5.41, 5.74) is 6.52. The molecule has 0 atom stereocenters. The molecular weight excluding hydrogens is 384 g/mol. The van der Waals surface area contributed by atoms with E-state index in [4.69, 9.17) is 10.5 Å². The zero-order valence-electron chi connectivity index (χ0n) is 17.9. The van der Waals surface area contributed by atoms with Crippen molar-refractivity contribution in [2.24, 2.45) is 0 Å². The van der Waals surface area contributed by atoms with Crippen molar-refractivity contribution in [3.8, 4) is 0 Å². The Labute approximate surface area is 174 Å². The highest BCUT2D eigenvalue weighted by molar-refractivity contribution is 5.86. The third kappa shape index (κ3) is 4.67. The van der Waals surface area contributed by atoms with Gasteiger partial charge in [-0.15, -0.1) is 0 Å². The predicted octanol–water partition coefficient (Wildman–Crippen LogP) is 3.13. The van der Waals surface area contributed by atoms with E-state index in [1.54, 1.807) is 33.0 Å². The molecule has 3 heterocycles. The van der Waals surface area contributed by atoms with Crippen molar-refractivity contribution in [3.05, 3.63) is 46.5 Å². The van der Waals surface area contributed by atoms with Gasteiger partial charge in [-0.1, -0.05) is 19.8 Å². The van der Waals surface area contributed by atoms with Crippen molar-refractivity contribution >= 4 is 22.9 Å². The number of hydrogen-bond acceptors (Lipinski definition) is 7. The largest absolute Gasteiger partial charge is 0.443 e. The maximum atomic E-state index is 13.0. The third-order valence-electron chi connectivity index (χ3n) is 4.54. The molecule has 9 nitrogen and oxygen atoms in total. The first-order chi connectivity index (χ1) is 14.2. The number of unbranched alkanes of at least 4 members (excludes halogenated alkanes) is 2. The second kappa shape index (κ2) is 8.64. The molecule has 3 aromatic heterocycles. The summed E-state index contributed by atoms with van der Waals surface area (Å²) in [6.07, 6.45) is 6.29. The quantitative estimate of drug-likeness (QED) is 0.618. The maximum absolute atomic E-state index is 13.0. The number of hydrogen-bond donors (Lipinski definition) is 1. The van der Waals surface area contributed by atoms with Gasteiger partial charge in [0.2, 0.25) is 0 Å². The molecule has 2 N–H and O–H groups in total. The number of aromatic nitrogens is 5. The number of nitrogens with two attached hydrogens (primary N) is 1. The number of rotatable bonds is 6. The summed E-state index contributed by atoms with van der Waals surface area (Å²) in [4.78, 5) is 38.7. The Balaban J connectivity index is 2.12. The minimum atomic E-state index is -0.698. The minimum Gasteiger partial charge on any atom is -0.443 e. The molecular formula is C21H28N6O3. The summed E-state index contributed by atoms with van der Waals surface area (Å²) >= 11 is 0. The highest BCUT2D eigenvalue weighted by Gasteiger charge is 2.25. The number of carbonyl (C=O) groups is 1. The first kappa shape index (κ1) is 21.5.